The summed E-state index contributed by atoms with van der Waals surface area (Å²) in [6.07, 6.45) is 3.74. The van der Waals surface area contributed by atoms with Crippen LogP contribution in [0.5, 0.6) is 0 Å². The first-order valence-corrected chi connectivity index (χ1v) is 4.35. The van der Waals surface area contributed by atoms with Crippen molar-refractivity contribution in [1.82, 2.24) is 0 Å². The van der Waals surface area contributed by atoms with E-state index in [1.165, 1.54) is 7.11 Å². The Kier molecular flexibility index (Phi) is 5.85. The molecule has 0 aliphatic rings. The van der Waals surface area contributed by atoms with Crippen LogP contribution in [0.25, 0.3) is 0 Å². The molecule has 3 heteroatoms. The SMILES string of the molecule is C=CCCCC(=O)C(C)C(=O)OC. The minimum atomic E-state index is -0.630. The number of ether oxygens (including phenoxy) is 1. The molecule has 0 aliphatic heterocycles. The summed E-state index contributed by atoms with van der Waals surface area (Å²) in [7, 11) is 1.29. The van der Waals surface area contributed by atoms with Crippen molar-refractivity contribution in [3.8, 4) is 0 Å². The molecule has 1 atom stereocenters. The summed E-state index contributed by atoms with van der Waals surface area (Å²) >= 11 is 0. The normalized spacial score (nSPS) is 11.8. The van der Waals surface area contributed by atoms with Crippen LogP contribution < -0.4 is 0 Å². The Morgan fingerprint density at radius 1 is 1.54 bits per heavy atom. The second-order valence-electron chi connectivity index (χ2n) is 2.89. The van der Waals surface area contributed by atoms with Gasteiger partial charge in [-0.3, -0.25) is 9.59 Å². The third kappa shape index (κ3) is 4.45. The van der Waals surface area contributed by atoms with Gasteiger partial charge in [0, 0.05) is 6.42 Å². The lowest BCUT2D eigenvalue weighted by Crippen LogP contribution is -2.21. The number of unbranched alkanes of at least 4 members (excludes halogenated alkanes) is 1. The maximum Gasteiger partial charge on any atom is 0.315 e. The second-order valence-corrected chi connectivity index (χ2v) is 2.89. The Labute approximate surface area is 78.8 Å². The zero-order valence-electron chi connectivity index (χ0n) is 8.21. The Morgan fingerprint density at radius 3 is 2.62 bits per heavy atom. The number of carbonyl (C=O) groups is 2. The molecule has 0 aromatic heterocycles. The van der Waals surface area contributed by atoms with Gasteiger partial charge >= 0.3 is 5.97 Å². The number of hydrogen-bond donors (Lipinski definition) is 0. The third-order valence-electron chi connectivity index (χ3n) is 1.87. The molecule has 74 valence electrons. The van der Waals surface area contributed by atoms with Crippen molar-refractivity contribution < 1.29 is 14.3 Å². The highest BCUT2D eigenvalue weighted by Gasteiger charge is 2.20. The van der Waals surface area contributed by atoms with E-state index < -0.39 is 11.9 Å². The molecule has 0 saturated carbocycles. The molecule has 0 aromatic carbocycles. The van der Waals surface area contributed by atoms with Crippen molar-refractivity contribution in [2.24, 2.45) is 5.92 Å². The zero-order chi connectivity index (χ0) is 10.3. The summed E-state index contributed by atoms with van der Waals surface area (Å²) in [4.78, 5) is 22.2. The second kappa shape index (κ2) is 6.40. The Balaban J connectivity index is 3.82. The van der Waals surface area contributed by atoms with Crippen LogP contribution in [0.3, 0.4) is 0 Å². The number of rotatable bonds is 6. The fraction of sp³-hybridized carbons (Fsp3) is 0.600. The molecular weight excluding hydrogens is 168 g/mol. The molecule has 1 unspecified atom stereocenters. The topological polar surface area (TPSA) is 43.4 Å². The molecule has 0 aromatic rings. The monoisotopic (exact) mass is 184 g/mol. The van der Waals surface area contributed by atoms with E-state index in [0.717, 1.165) is 12.8 Å². The maximum atomic E-state index is 11.3. The first-order valence-electron chi connectivity index (χ1n) is 4.35. The predicted molar refractivity (Wildman–Crippen MR) is 50.2 cm³/mol. The Morgan fingerprint density at radius 2 is 2.15 bits per heavy atom. The van der Waals surface area contributed by atoms with E-state index >= 15 is 0 Å². The predicted octanol–water partition coefficient (Wildman–Crippen LogP) is 1.72. The van der Waals surface area contributed by atoms with Crippen molar-refractivity contribution in [3.63, 3.8) is 0 Å². The van der Waals surface area contributed by atoms with E-state index in [-0.39, 0.29) is 5.78 Å². The van der Waals surface area contributed by atoms with Crippen molar-refractivity contribution in [2.45, 2.75) is 26.2 Å². The van der Waals surface area contributed by atoms with Gasteiger partial charge in [0.25, 0.3) is 0 Å². The van der Waals surface area contributed by atoms with Gasteiger partial charge < -0.3 is 4.74 Å². The minimum absolute atomic E-state index is 0.0614. The highest BCUT2D eigenvalue weighted by molar-refractivity contribution is 5.98. The number of allylic oxidation sites excluding steroid dienone is 1. The van der Waals surface area contributed by atoms with Gasteiger partial charge in [-0.25, -0.2) is 0 Å². The molecule has 0 spiro atoms. The van der Waals surface area contributed by atoms with E-state index in [1.807, 2.05) is 0 Å². The zero-order valence-corrected chi connectivity index (χ0v) is 8.21. The standard InChI is InChI=1S/C10H16O3/c1-4-5-6-7-9(11)8(2)10(12)13-3/h4,8H,1,5-7H2,2-3H3. The van der Waals surface area contributed by atoms with Crippen molar-refractivity contribution in [3.05, 3.63) is 12.7 Å². The van der Waals surface area contributed by atoms with E-state index in [2.05, 4.69) is 11.3 Å². The molecule has 3 nitrogen and oxygen atoms in total. The van der Waals surface area contributed by atoms with E-state index in [1.54, 1.807) is 13.0 Å². The number of methoxy groups -OCH3 is 1. The van der Waals surface area contributed by atoms with Crippen molar-refractivity contribution >= 4 is 11.8 Å². The van der Waals surface area contributed by atoms with Gasteiger partial charge in [-0.15, -0.1) is 6.58 Å². The summed E-state index contributed by atoms with van der Waals surface area (Å²) in [6.45, 7) is 5.12. The summed E-state index contributed by atoms with van der Waals surface area (Å²) in [5, 5.41) is 0. The summed E-state index contributed by atoms with van der Waals surface area (Å²) in [6, 6.07) is 0. The van der Waals surface area contributed by atoms with Gasteiger partial charge in [0.1, 0.15) is 11.7 Å². The van der Waals surface area contributed by atoms with E-state index in [0.29, 0.717) is 6.42 Å². The van der Waals surface area contributed by atoms with Crippen molar-refractivity contribution in [2.75, 3.05) is 7.11 Å². The fourth-order valence-electron chi connectivity index (χ4n) is 0.945. The Bertz CT molecular complexity index is 196. The van der Waals surface area contributed by atoms with E-state index in [9.17, 15) is 9.59 Å². The van der Waals surface area contributed by atoms with Gasteiger partial charge in [-0.1, -0.05) is 6.08 Å². The largest absolute Gasteiger partial charge is 0.468 e. The molecule has 0 radical (unpaired) electrons. The lowest BCUT2D eigenvalue weighted by atomic mass is 10.0. The fourth-order valence-corrected chi connectivity index (χ4v) is 0.945. The lowest BCUT2D eigenvalue weighted by Gasteiger charge is -2.06. The van der Waals surface area contributed by atoms with Gasteiger partial charge in [-0.2, -0.15) is 0 Å². The first kappa shape index (κ1) is 11.9. The average molecular weight is 184 g/mol. The van der Waals surface area contributed by atoms with Gasteiger partial charge in [0.2, 0.25) is 0 Å². The van der Waals surface area contributed by atoms with Crippen LogP contribution in [0.15, 0.2) is 12.7 Å². The van der Waals surface area contributed by atoms with Crippen LogP contribution in [0, 0.1) is 5.92 Å². The van der Waals surface area contributed by atoms with Crippen LogP contribution in [0.4, 0.5) is 0 Å². The van der Waals surface area contributed by atoms with Gasteiger partial charge in [-0.05, 0) is 19.8 Å². The molecule has 0 heterocycles. The van der Waals surface area contributed by atoms with Crippen LogP contribution >= 0.6 is 0 Å². The molecule has 0 aliphatic carbocycles. The highest BCUT2D eigenvalue weighted by atomic mass is 16.5. The lowest BCUT2D eigenvalue weighted by molar-refractivity contribution is -0.148. The van der Waals surface area contributed by atoms with Crippen LogP contribution in [-0.2, 0) is 14.3 Å². The van der Waals surface area contributed by atoms with Gasteiger partial charge in [0.05, 0.1) is 7.11 Å². The molecule has 0 rings (SSSR count). The van der Waals surface area contributed by atoms with E-state index in [4.69, 9.17) is 0 Å². The first-order chi connectivity index (χ1) is 6.13. The molecule has 0 N–H and O–H groups in total. The molecule has 13 heavy (non-hydrogen) atoms. The summed E-state index contributed by atoms with van der Waals surface area (Å²) in [5.74, 6) is -1.15. The Hall–Kier alpha value is -1.12. The van der Waals surface area contributed by atoms with Gasteiger partial charge in [0.15, 0.2) is 0 Å². The van der Waals surface area contributed by atoms with Crippen LogP contribution in [0.2, 0.25) is 0 Å². The highest BCUT2D eigenvalue weighted by Crippen LogP contribution is 2.06. The molecular formula is C10H16O3. The molecule has 0 amide bonds. The number of Topliss-reactive ketones (excluding diaryl/α,β-unsaturated/α-hetero) is 1. The van der Waals surface area contributed by atoms with Crippen molar-refractivity contribution in [1.29, 1.82) is 0 Å². The average Bonchev–Trinajstić information content (AvgIpc) is 2.15. The smallest absolute Gasteiger partial charge is 0.315 e. The van der Waals surface area contributed by atoms with Crippen LogP contribution in [-0.4, -0.2) is 18.9 Å². The molecule has 0 bridgehead atoms. The number of hydrogen-bond acceptors (Lipinski definition) is 3. The quantitative estimate of drug-likeness (QED) is 0.273. The number of ketones is 1. The molecule has 0 saturated heterocycles. The number of carbonyl (C=O) groups excluding carboxylic acids is 2. The third-order valence-corrected chi connectivity index (χ3v) is 1.87. The number of esters is 1. The molecule has 0 fully saturated rings. The van der Waals surface area contributed by atoms with Crippen LogP contribution in [0.1, 0.15) is 26.2 Å². The summed E-state index contributed by atoms with van der Waals surface area (Å²) < 4.78 is 4.46. The summed E-state index contributed by atoms with van der Waals surface area (Å²) in [5.41, 5.74) is 0. The maximum absolute atomic E-state index is 11.3. The minimum Gasteiger partial charge on any atom is -0.468 e.